The molecular weight excluding hydrogens is 236 g/mol. The lowest BCUT2D eigenvalue weighted by Gasteiger charge is -1.97. The van der Waals surface area contributed by atoms with E-state index in [2.05, 4.69) is 5.10 Å². The van der Waals surface area contributed by atoms with Crippen molar-refractivity contribution in [3.63, 3.8) is 0 Å². The third-order valence-electron chi connectivity index (χ3n) is 2.59. The predicted molar refractivity (Wildman–Crippen MR) is 67.5 cm³/mol. The molecule has 3 nitrogen and oxygen atoms in total. The zero-order valence-electron chi connectivity index (χ0n) is 9.77. The average Bonchev–Trinajstić information content (AvgIpc) is 2.63. The Morgan fingerprint density at radius 3 is 2.53 bits per heavy atom. The molecule has 0 saturated carbocycles. The van der Waals surface area contributed by atoms with Crippen molar-refractivity contribution in [1.29, 1.82) is 0 Å². The molecule has 1 aromatic carbocycles. The number of carbonyl (C=O) groups excluding carboxylic acids is 1. The highest BCUT2D eigenvalue weighted by Crippen LogP contribution is 2.14. The number of halogens is 1. The molecule has 88 valence electrons. The highest BCUT2D eigenvalue weighted by atomic mass is 35.5. The van der Waals surface area contributed by atoms with Crippen LogP contribution in [0.1, 0.15) is 28.7 Å². The minimum atomic E-state index is 0.0300. The van der Waals surface area contributed by atoms with E-state index < -0.39 is 0 Å². The number of aromatic nitrogens is 2. The van der Waals surface area contributed by atoms with Gasteiger partial charge in [0, 0.05) is 25.4 Å². The van der Waals surface area contributed by atoms with E-state index in [-0.39, 0.29) is 5.78 Å². The molecule has 0 aliphatic rings. The van der Waals surface area contributed by atoms with Crippen LogP contribution >= 0.6 is 11.6 Å². The molecule has 0 amide bonds. The molecular formula is C13H13ClN2O. The van der Waals surface area contributed by atoms with Gasteiger partial charge in [-0.2, -0.15) is 5.10 Å². The molecule has 0 fully saturated rings. The smallest absolute Gasteiger partial charge is 0.177 e. The molecule has 0 saturated heterocycles. The van der Waals surface area contributed by atoms with E-state index in [4.69, 9.17) is 11.6 Å². The van der Waals surface area contributed by atoms with Crippen LogP contribution in [-0.4, -0.2) is 15.6 Å². The number of Topliss-reactive ketones (excluding diaryl/α,β-unsaturated/α-hetero) is 1. The van der Waals surface area contributed by atoms with Gasteiger partial charge < -0.3 is 0 Å². The summed E-state index contributed by atoms with van der Waals surface area (Å²) in [6.07, 6.45) is 0.707. The SMILES string of the molecule is CC(=O)c1cc(Cc2ccc(Cl)cc2)nn1C. The number of hydrogen-bond acceptors (Lipinski definition) is 2. The Bertz CT molecular complexity index is 543. The summed E-state index contributed by atoms with van der Waals surface area (Å²) in [5.74, 6) is 0.0300. The monoisotopic (exact) mass is 248 g/mol. The summed E-state index contributed by atoms with van der Waals surface area (Å²) >= 11 is 5.82. The summed E-state index contributed by atoms with van der Waals surface area (Å²) in [5, 5.41) is 5.03. The van der Waals surface area contributed by atoms with Gasteiger partial charge in [0.2, 0.25) is 0 Å². The summed E-state index contributed by atoms with van der Waals surface area (Å²) < 4.78 is 1.62. The second-order valence-electron chi connectivity index (χ2n) is 4.00. The molecule has 4 heteroatoms. The van der Waals surface area contributed by atoms with Gasteiger partial charge in [-0.05, 0) is 23.8 Å². The van der Waals surface area contributed by atoms with Crippen LogP contribution in [0.5, 0.6) is 0 Å². The molecule has 0 unspecified atom stereocenters. The molecule has 0 bridgehead atoms. The van der Waals surface area contributed by atoms with Crippen LogP contribution < -0.4 is 0 Å². The first-order valence-electron chi connectivity index (χ1n) is 5.34. The van der Waals surface area contributed by atoms with Gasteiger partial charge >= 0.3 is 0 Å². The number of hydrogen-bond donors (Lipinski definition) is 0. The van der Waals surface area contributed by atoms with E-state index in [1.54, 1.807) is 18.7 Å². The van der Waals surface area contributed by atoms with Crippen molar-refractivity contribution in [2.45, 2.75) is 13.3 Å². The molecule has 2 aromatic rings. The van der Waals surface area contributed by atoms with Crippen LogP contribution in [0.2, 0.25) is 5.02 Å². The zero-order chi connectivity index (χ0) is 12.4. The number of benzene rings is 1. The molecule has 17 heavy (non-hydrogen) atoms. The van der Waals surface area contributed by atoms with Crippen molar-refractivity contribution >= 4 is 17.4 Å². The Kier molecular flexibility index (Phi) is 3.29. The third-order valence-corrected chi connectivity index (χ3v) is 2.84. The minimum absolute atomic E-state index is 0.0300. The summed E-state index contributed by atoms with van der Waals surface area (Å²) in [6, 6.07) is 9.46. The molecule has 1 heterocycles. The van der Waals surface area contributed by atoms with Crippen LogP contribution in [0.25, 0.3) is 0 Å². The van der Waals surface area contributed by atoms with Crippen LogP contribution in [-0.2, 0) is 13.5 Å². The minimum Gasteiger partial charge on any atom is -0.293 e. The van der Waals surface area contributed by atoms with Crippen LogP contribution in [0.15, 0.2) is 30.3 Å². The normalized spacial score (nSPS) is 10.5. The Hall–Kier alpha value is -1.61. The number of nitrogens with zero attached hydrogens (tertiary/aromatic N) is 2. The Labute approximate surface area is 105 Å². The summed E-state index contributed by atoms with van der Waals surface area (Å²) in [5.41, 5.74) is 2.65. The first-order valence-corrected chi connectivity index (χ1v) is 5.72. The van der Waals surface area contributed by atoms with Crippen LogP contribution in [0, 0.1) is 0 Å². The fourth-order valence-corrected chi connectivity index (χ4v) is 1.88. The number of ketones is 1. The Morgan fingerprint density at radius 1 is 1.35 bits per heavy atom. The maximum atomic E-state index is 11.3. The molecule has 0 aliphatic carbocycles. The fraction of sp³-hybridized carbons (Fsp3) is 0.231. The van der Waals surface area contributed by atoms with Crippen molar-refractivity contribution in [3.8, 4) is 0 Å². The summed E-state index contributed by atoms with van der Waals surface area (Å²) in [7, 11) is 1.78. The summed E-state index contributed by atoms with van der Waals surface area (Å²) in [4.78, 5) is 11.3. The van der Waals surface area contributed by atoms with Gasteiger partial charge in [0.1, 0.15) is 5.69 Å². The topological polar surface area (TPSA) is 34.9 Å². The van der Waals surface area contributed by atoms with Crippen LogP contribution in [0.3, 0.4) is 0 Å². The molecule has 0 radical (unpaired) electrons. The van der Waals surface area contributed by atoms with Crippen molar-refractivity contribution in [2.24, 2.45) is 7.05 Å². The Balaban J connectivity index is 2.22. The zero-order valence-corrected chi connectivity index (χ0v) is 10.5. The molecule has 0 aliphatic heterocycles. The van der Waals surface area contributed by atoms with E-state index in [0.29, 0.717) is 12.1 Å². The van der Waals surface area contributed by atoms with Crippen molar-refractivity contribution < 1.29 is 4.79 Å². The van der Waals surface area contributed by atoms with Gasteiger partial charge in [0.25, 0.3) is 0 Å². The lowest BCUT2D eigenvalue weighted by Crippen LogP contribution is -2.02. The van der Waals surface area contributed by atoms with E-state index in [1.807, 2.05) is 30.3 Å². The number of carbonyl (C=O) groups is 1. The number of rotatable bonds is 3. The highest BCUT2D eigenvalue weighted by Gasteiger charge is 2.09. The van der Waals surface area contributed by atoms with Gasteiger partial charge in [-0.25, -0.2) is 0 Å². The van der Waals surface area contributed by atoms with Gasteiger partial charge in [-0.3, -0.25) is 9.48 Å². The highest BCUT2D eigenvalue weighted by molar-refractivity contribution is 6.30. The first-order chi connectivity index (χ1) is 8.06. The van der Waals surface area contributed by atoms with Crippen molar-refractivity contribution in [1.82, 2.24) is 9.78 Å². The van der Waals surface area contributed by atoms with E-state index in [9.17, 15) is 4.79 Å². The second kappa shape index (κ2) is 4.72. The van der Waals surface area contributed by atoms with Crippen LogP contribution in [0.4, 0.5) is 0 Å². The number of aryl methyl sites for hydroxylation is 1. The Morgan fingerprint density at radius 2 is 2.00 bits per heavy atom. The second-order valence-corrected chi connectivity index (χ2v) is 4.44. The van der Waals surface area contributed by atoms with E-state index in [0.717, 1.165) is 16.3 Å². The van der Waals surface area contributed by atoms with Gasteiger partial charge in [0.15, 0.2) is 5.78 Å². The third kappa shape index (κ3) is 2.74. The molecule has 0 atom stereocenters. The van der Waals surface area contributed by atoms with Gasteiger partial charge in [-0.15, -0.1) is 0 Å². The molecule has 2 rings (SSSR count). The maximum absolute atomic E-state index is 11.3. The standard InChI is InChI=1S/C13H13ClN2O/c1-9(17)13-8-12(15-16(13)2)7-10-3-5-11(14)6-4-10/h3-6,8H,7H2,1-2H3. The predicted octanol–water partition coefficient (Wildman–Crippen LogP) is 2.87. The van der Waals surface area contributed by atoms with Gasteiger partial charge in [0.05, 0.1) is 5.69 Å². The molecule has 1 aromatic heterocycles. The molecule has 0 spiro atoms. The largest absolute Gasteiger partial charge is 0.293 e. The van der Waals surface area contributed by atoms with Gasteiger partial charge in [-0.1, -0.05) is 23.7 Å². The fourth-order valence-electron chi connectivity index (χ4n) is 1.75. The van der Waals surface area contributed by atoms with E-state index >= 15 is 0 Å². The van der Waals surface area contributed by atoms with Crippen molar-refractivity contribution in [3.05, 3.63) is 52.3 Å². The average molecular weight is 249 g/mol. The lowest BCUT2D eigenvalue weighted by atomic mass is 10.1. The van der Waals surface area contributed by atoms with Crippen molar-refractivity contribution in [2.75, 3.05) is 0 Å². The van der Waals surface area contributed by atoms with E-state index in [1.165, 1.54) is 0 Å². The lowest BCUT2D eigenvalue weighted by molar-refractivity contribution is 0.100. The first kappa shape index (κ1) is 11.9. The quantitative estimate of drug-likeness (QED) is 0.783. The molecule has 0 N–H and O–H groups in total. The maximum Gasteiger partial charge on any atom is 0.177 e. The summed E-state index contributed by atoms with van der Waals surface area (Å²) in [6.45, 7) is 1.54.